The molecule has 130 valence electrons. The number of benzene rings is 2. The van der Waals surface area contributed by atoms with Gasteiger partial charge in [-0.1, -0.05) is 41.0 Å². The summed E-state index contributed by atoms with van der Waals surface area (Å²) < 4.78 is 7.26. The lowest BCUT2D eigenvalue weighted by molar-refractivity contribution is 0.0601. The zero-order chi connectivity index (χ0) is 18.7. The highest BCUT2D eigenvalue weighted by Gasteiger charge is 2.13. The maximum absolute atomic E-state index is 12.5. The van der Waals surface area contributed by atoms with E-state index in [1.807, 2.05) is 0 Å². The first-order valence-corrected chi connectivity index (χ1v) is 8.73. The lowest BCUT2D eigenvalue weighted by Crippen LogP contribution is -2.16. The van der Waals surface area contributed by atoms with Crippen molar-refractivity contribution in [1.29, 1.82) is 0 Å². The molecule has 3 rings (SSSR count). The summed E-state index contributed by atoms with van der Waals surface area (Å²) in [7, 11) is 1.32. The summed E-state index contributed by atoms with van der Waals surface area (Å²) in [5.74, 6) is 1.66. The predicted octanol–water partition coefficient (Wildman–Crippen LogP) is 3.52. The van der Waals surface area contributed by atoms with Crippen LogP contribution in [-0.2, 0) is 11.3 Å². The summed E-state index contributed by atoms with van der Waals surface area (Å²) in [5, 5.41) is 0.332. The van der Waals surface area contributed by atoms with Crippen molar-refractivity contribution in [3.05, 3.63) is 63.4 Å². The number of hydrogen-bond acceptors (Lipinski definition) is 4. The smallest absolute Gasteiger partial charge is 0.337 e. The van der Waals surface area contributed by atoms with Crippen LogP contribution in [0.25, 0.3) is 10.2 Å². The highest BCUT2D eigenvalue weighted by Crippen LogP contribution is 2.21. The molecular formula is C19H13ClN2O3S. The van der Waals surface area contributed by atoms with Crippen LogP contribution in [0.1, 0.15) is 20.7 Å². The number of methoxy groups -OCH3 is 1. The molecule has 1 aromatic heterocycles. The normalized spacial score (nSPS) is 11.3. The van der Waals surface area contributed by atoms with E-state index in [2.05, 4.69) is 10.9 Å². The van der Waals surface area contributed by atoms with Gasteiger partial charge in [0.1, 0.15) is 0 Å². The molecule has 26 heavy (non-hydrogen) atoms. The molecule has 0 aliphatic carbocycles. The van der Waals surface area contributed by atoms with E-state index < -0.39 is 11.9 Å². The van der Waals surface area contributed by atoms with Gasteiger partial charge in [-0.25, -0.2) is 4.79 Å². The van der Waals surface area contributed by atoms with Crippen LogP contribution in [0.4, 0.5) is 0 Å². The van der Waals surface area contributed by atoms with E-state index in [0.29, 0.717) is 21.0 Å². The number of halogens is 1. The van der Waals surface area contributed by atoms with Crippen LogP contribution >= 0.6 is 22.9 Å². The number of thiazole rings is 1. The van der Waals surface area contributed by atoms with Gasteiger partial charge >= 0.3 is 5.97 Å². The molecule has 0 aliphatic heterocycles. The fourth-order valence-electron chi connectivity index (χ4n) is 2.43. The lowest BCUT2D eigenvalue weighted by Gasteiger charge is -2.02. The minimum Gasteiger partial charge on any atom is -0.465 e. The van der Waals surface area contributed by atoms with E-state index in [4.69, 9.17) is 22.8 Å². The number of ether oxygens (including phenoxy) is 1. The Balaban J connectivity index is 2.17. The second-order valence-electron chi connectivity index (χ2n) is 5.25. The largest absolute Gasteiger partial charge is 0.465 e. The number of amides is 1. The zero-order valence-electron chi connectivity index (χ0n) is 13.7. The molecule has 0 N–H and O–H groups in total. The van der Waals surface area contributed by atoms with Gasteiger partial charge in [-0.15, -0.1) is 6.42 Å². The zero-order valence-corrected chi connectivity index (χ0v) is 15.3. The van der Waals surface area contributed by atoms with Crippen molar-refractivity contribution in [3.8, 4) is 12.3 Å². The van der Waals surface area contributed by atoms with E-state index in [-0.39, 0.29) is 6.54 Å². The van der Waals surface area contributed by atoms with Crippen LogP contribution in [0, 0.1) is 12.3 Å². The number of carbonyl (C=O) groups is 2. The minimum atomic E-state index is -0.457. The maximum Gasteiger partial charge on any atom is 0.337 e. The first kappa shape index (κ1) is 17.9. The molecule has 0 radical (unpaired) electrons. The Morgan fingerprint density at radius 2 is 2.08 bits per heavy atom. The first-order chi connectivity index (χ1) is 12.5. The van der Waals surface area contributed by atoms with Crippen molar-refractivity contribution >= 4 is 45.0 Å². The van der Waals surface area contributed by atoms with E-state index in [9.17, 15) is 9.59 Å². The standard InChI is InChI=1S/C19H13ClN2O3S/c1-3-10-22-15-9-8-12(18(24)25-2)11-16(15)26-19(22)21-17(23)13-6-4-5-7-14(13)20/h1,4-9,11H,10H2,2H3. The van der Waals surface area contributed by atoms with Crippen LogP contribution in [0.2, 0.25) is 5.02 Å². The van der Waals surface area contributed by atoms with Gasteiger partial charge in [0, 0.05) is 0 Å². The molecule has 0 aliphatic rings. The monoisotopic (exact) mass is 384 g/mol. The molecule has 0 saturated carbocycles. The Kier molecular flexibility index (Phi) is 5.21. The third-order valence-electron chi connectivity index (χ3n) is 3.65. The summed E-state index contributed by atoms with van der Waals surface area (Å²) in [5.41, 5.74) is 1.51. The molecule has 2 aromatic carbocycles. The Morgan fingerprint density at radius 3 is 2.77 bits per heavy atom. The number of nitrogens with zero attached hydrogens (tertiary/aromatic N) is 2. The van der Waals surface area contributed by atoms with Gasteiger partial charge in [-0.3, -0.25) is 4.79 Å². The van der Waals surface area contributed by atoms with Gasteiger partial charge in [0.2, 0.25) is 0 Å². The first-order valence-electron chi connectivity index (χ1n) is 7.54. The fraction of sp³-hybridized carbons (Fsp3) is 0.105. The molecule has 1 heterocycles. The molecule has 7 heteroatoms. The molecule has 5 nitrogen and oxygen atoms in total. The Morgan fingerprint density at radius 1 is 1.31 bits per heavy atom. The molecule has 0 saturated heterocycles. The summed E-state index contributed by atoms with van der Waals surface area (Å²) >= 11 is 7.33. The third-order valence-corrected chi connectivity index (χ3v) is 5.03. The quantitative estimate of drug-likeness (QED) is 0.512. The van der Waals surface area contributed by atoms with E-state index in [1.165, 1.54) is 18.4 Å². The van der Waals surface area contributed by atoms with Crippen LogP contribution in [0.3, 0.4) is 0 Å². The van der Waals surface area contributed by atoms with Crippen molar-refractivity contribution in [2.75, 3.05) is 7.11 Å². The van der Waals surface area contributed by atoms with Crippen LogP contribution in [0.15, 0.2) is 47.5 Å². The molecule has 0 unspecified atom stereocenters. The van der Waals surface area contributed by atoms with Crippen molar-refractivity contribution < 1.29 is 14.3 Å². The van der Waals surface area contributed by atoms with Crippen molar-refractivity contribution in [1.82, 2.24) is 4.57 Å². The van der Waals surface area contributed by atoms with Crippen LogP contribution in [-0.4, -0.2) is 23.6 Å². The van der Waals surface area contributed by atoms with Gasteiger partial charge in [-0.2, -0.15) is 4.99 Å². The number of esters is 1. The molecule has 0 spiro atoms. The van der Waals surface area contributed by atoms with Gasteiger partial charge < -0.3 is 9.30 Å². The average molecular weight is 385 g/mol. The number of rotatable bonds is 3. The molecule has 0 bridgehead atoms. The minimum absolute atomic E-state index is 0.242. The molecular weight excluding hydrogens is 372 g/mol. The highest BCUT2D eigenvalue weighted by molar-refractivity contribution is 7.16. The number of terminal acetylenes is 1. The second kappa shape index (κ2) is 7.56. The van der Waals surface area contributed by atoms with E-state index in [0.717, 1.165) is 10.2 Å². The van der Waals surface area contributed by atoms with E-state index in [1.54, 1.807) is 47.0 Å². The fourth-order valence-corrected chi connectivity index (χ4v) is 3.71. The number of fused-ring (bicyclic) bond motifs is 1. The topological polar surface area (TPSA) is 60.7 Å². The van der Waals surface area contributed by atoms with Crippen molar-refractivity contribution in [3.63, 3.8) is 0 Å². The Labute approximate surface area is 158 Å². The Bertz CT molecular complexity index is 1120. The van der Waals surface area contributed by atoms with Crippen molar-refractivity contribution in [2.24, 2.45) is 4.99 Å². The average Bonchev–Trinajstić information content (AvgIpc) is 2.98. The SMILES string of the molecule is C#CCn1c(=NC(=O)c2ccccc2Cl)sc2cc(C(=O)OC)ccc21. The molecule has 0 atom stereocenters. The Hall–Kier alpha value is -2.88. The second-order valence-corrected chi connectivity index (χ2v) is 6.66. The summed E-state index contributed by atoms with van der Waals surface area (Å²) in [6, 6.07) is 11.8. The summed E-state index contributed by atoms with van der Waals surface area (Å²) in [6.07, 6.45) is 5.46. The summed E-state index contributed by atoms with van der Waals surface area (Å²) in [6.45, 7) is 0.242. The van der Waals surface area contributed by atoms with Gasteiger partial charge in [0.25, 0.3) is 5.91 Å². The predicted molar refractivity (Wildman–Crippen MR) is 101 cm³/mol. The van der Waals surface area contributed by atoms with Crippen molar-refractivity contribution in [2.45, 2.75) is 6.54 Å². The number of aromatic nitrogens is 1. The number of carbonyl (C=O) groups excluding carboxylic acids is 2. The maximum atomic E-state index is 12.5. The molecule has 1 amide bonds. The molecule has 0 fully saturated rings. The molecule has 3 aromatic rings. The van der Waals surface area contributed by atoms with Gasteiger partial charge in [0.05, 0.1) is 40.0 Å². The number of hydrogen-bond donors (Lipinski definition) is 0. The van der Waals surface area contributed by atoms with Crippen LogP contribution < -0.4 is 4.80 Å². The van der Waals surface area contributed by atoms with Gasteiger partial charge in [-0.05, 0) is 30.3 Å². The summed E-state index contributed by atoms with van der Waals surface area (Å²) in [4.78, 5) is 28.9. The lowest BCUT2D eigenvalue weighted by atomic mass is 10.2. The third kappa shape index (κ3) is 3.40. The van der Waals surface area contributed by atoms with E-state index >= 15 is 0 Å². The van der Waals surface area contributed by atoms with Gasteiger partial charge in [0.15, 0.2) is 4.80 Å². The highest BCUT2D eigenvalue weighted by atomic mass is 35.5. The van der Waals surface area contributed by atoms with Crippen LogP contribution in [0.5, 0.6) is 0 Å².